The van der Waals surface area contributed by atoms with Gasteiger partial charge in [0.25, 0.3) is 5.91 Å². The quantitative estimate of drug-likeness (QED) is 0.360. The molecule has 0 spiro atoms. The Hall–Kier alpha value is -2.79. The molecule has 1 atom stereocenters. The third kappa shape index (κ3) is 6.91. The van der Waals surface area contributed by atoms with Crippen molar-refractivity contribution in [2.45, 2.75) is 45.1 Å². The Bertz CT molecular complexity index is 1000. The number of carbonyl (C=O) groups excluding carboxylic acids is 1. The molecular formula is C25H30F6N4O. The van der Waals surface area contributed by atoms with Crippen LogP contribution < -0.4 is 10.9 Å². The molecule has 1 amide bonds. The van der Waals surface area contributed by atoms with Gasteiger partial charge in [0, 0.05) is 26.2 Å². The highest BCUT2D eigenvalue weighted by atomic mass is 19.4. The van der Waals surface area contributed by atoms with Gasteiger partial charge in [-0.15, -0.1) is 0 Å². The van der Waals surface area contributed by atoms with Crippen LogP contribution in [0.5, 0.6) is 0 Å². The van der Waals surface area contributed by atoms with E-state index in [1.54, 1.807) is 6.07 Å². The molecule has 36 heavy (non-hydrogen) atoms. The smallest absolute Gasteiger partial charge is 0.301 e. The Balaban J connectivity index is 1.87. The summed E-state index contributed by atoms with van der Waals surface area (Å²) in [5.74, 6) is -0.564. The molecule has 0 radical (unpaired) electrons. The molecule has 1 heterocycles. The topological polar surface area (TPSA) is 47.6 Å². The average Bonchev–Trinajstić information content (AvgIpc) is 2.83. The number of aryl methyl sites for hydroxylation is 1. The van der Waals surface area contributed by atoms with Gasteiger partial charge in [-0.3, -0.25) is 20.5 Å². The van der Waals surface area contributed by atoms with Crippen LogP contribution in [0.1, 0.15) is 48.6 Å². The van der Waals surface area contributed by atoms with Gasteiger partial charge in [-0.1, -0.05) is 38.1 Å². The van der Waals surface area contributed by atoms with Gasteiger partial charge in [-0.2, -0.15) is 26.3 Å². The first kappa shape index (κ1) is 27.8. The first-order chi connectivity index (χ1) is 16.9. The lowest BCUT2D eigenvalue weighted by Gasteiger charge is -2.39. The molecule has 11 heteroatoms. The van der Waals surface area contributed by atoms with Crippen LogP contribution in [0, 0.1) is 0 Å². The SMILES string of the molecule is CCCN1CCN(C(C(=O)NNc2cc(C(F)(F)F)cc(C(F)(F)F)c2)c2ccccc2CC)CC1. The molecule has 0 aliphatic carbocycles. The van der Waals surface area contributed by atoms with Gasteiger partial charge < -0.3 is 4.90 Å². The molecule has 1 unspecified atom stereocenters. The van der Waals surface area contributed by atoms with E-state index in [-0.39, 0.29) is 6.07 Å². The maximum Gasteiger partial charge on any atom is 0.416 e. The van der Waals surface area contributed by atoms with Crippen molar-refractivity contribution >= 4 is 11.6 Å². The van der Waals surface area contributed by atoms with E-state index in [0.717, 1.165) is 37.2 Å². The summed E-state index contributed by atoms with van der Waals surface area (Å²) >= 11 is 0. The fourth-order valence-corrected chi connectivity index (χ4v) is 4.42. The number of carbonyl (C=O) groups is 1. The number of nitrogens with zero attached hydrogens (tertiary/aromatic N) is 2. The van der Waals surface area contributed by atoms with Gasteiger partial charge in [0.2, 0.25) is 0 Å². The lowest BCUT2D eigenvalue weighted by molar-refractivity contribution is -0.143. The third-order valence-electron chi connectivity index (χ3n) is 6.21. The Morgan fingerprint density at radius 1 is 0.917 bits per heavy atom. The highest BCUT2D eigenvalue weighted by Gasteiger charge is 2.37. The van der Waals surface area contributed by atoms with Crippen LogP contribution in [-0.2, 0) is 23.6 Å². The van der Waals surface area contributed by atoms with Gasteiger partial charge >= 0.3 is 12.4 Å². The molecule has 0 aromatic heterocycles. The number of piperazine rings is 1. The number of hydrogen-bond acceptors (Lipinski definition) is 4. The van der Waals surface area contributed by atoms with E-state index >= 15 is 0 Å². The van der Waals surface area contributed by atoms with E-state index in [2.05, 4.69) is 22.7 Å². The van der Waals surface area contributed by atoms with E-state index in [4.69, 9.17) is 0 Å². The van der Waals surface area contributed by atoms with Gasteiger partial charge in [-0.25, -0.2) is 0 Å². The molecule has 1 aliphatic heterocycles. The summed E-state index contributed by atoms with van der Waals surface area (Å²) in [5.41, 5.74) is 2.90. The van der Waals surface area contributed by atoms with Crippen LogP contribution in [-0.4, -0.2) is 48.4 Å². The van der Waals surface area contributed by atoms with Crippen LogP contribution in [0.2, 0.25) is 0 Å². The van der Waals surface area contributed by atoms with Crippen molar-refractivity contribution in [2.75, 3.05) is 38.1 Å². The second-order valence-corrected chi connectivity index (χ2v) is 8.74. The summed E-state index contributed by atoms with van der Waals surface area (Å²) in [6.45, 7) is 7.67. The van der Waals surface area contributed by atoms with Crippen molar-refractivity contribution in [1.29, 1.82) is 0 Å². The van der Waals surface area contributed by atoms with Crippen molar-refractivity contribution in [3.63, 3.8) is 0 Å². The van der Waals surface area contributed by atoms with E-state index in [0.29, 0.717) is 31.6 Å². The molecule has 3 rings (SSSR count). The summed E-state index contributed by atoms with van der Waals surface area (Å²) in [6, 6.07) is 7.75. The Labute approximate surface area is 206 Å². The molecular weight excluding hydrogens is 486 g/mol. The maximum absolute atomic E-state index is 13.4. The van der Waals surface area contributed by atoms with Gasteiger partial charge in [0.15, 0.2) is 0 Å². The zero-order valence-corrected chi connectivity index (χ0v) is 20.1. The number of amides is 1. The molecule has 5 nitrogen and oxygen atoms in total. The average molecular weight is 517 g/mol. The predicted molar refractivity (Wildman–Crippen MR) is 125 cm³/mol. The number of alkyl halides is 6. The largest absolute Gasteiger partial charge is 0.416 e. The predicted octanol–water partition coefficient (Wildman–Crippen LogP) is 5.50. The molecule has 2 aromatic rings. The molecule has 0 bridgehead atoms. The molecule has 1 fully saturated rings. The van der Waals surface area contributed by atoms with E-state index in [1.807, 2.05) is 30.0 Å². The highest BCUT2D eigenvalue weighted by Crippen LogP contribution is 2.37. The minimum atomic E-state index is -4.98. The number of hydrogen-bond donors (Lipinski definition) is 2. The Kier molecular flexibility index (Phi) is 8.89. The first-order valence-corrected chi connectivity index (χ1v) is 11.8. The van der Waals surface area contributed by atoms with Crippen molar-refractivity contribution in [3.05, 3.63) is 64.7 Å². The summed E-state index contributed by atoms with van der Waals surface area (Å²) in [7, 11) is 0. The van der Waals surface area contributed by atoms with Crippen molar-refractivity contribution < 1.29 is 31.1 Å². The number of anilines is 1. The molecule has 2 N–H and O–H groups in total. The van der Waals surface area contributed by atoms with Crippen LogP contribution >= 0.6 is 0 Å². The van der Waals surface area contributed by atoms with Crippen LogP contribution in [0.25, 0.3) is 0 Å². The van der Waals surface area contributed by atoms with Crippen LogP contribution in [0.4, 0.5) is 32.0 Å². The first-order valence-electron chi connectivity index (χ1n) is 11.8. The zero-order chi connectivity index (χ0) is 26.5. The zero-order valence-electron chi connectivity index (χ0n) is 20.1. The number of nitrogens with one attached hydrogen (secondary N) is 2. The number of halogens is 6. The van der Waals surface area contributed by atoms with E-state index in [1.165, 1.54) is 0 Å². The highest BCUT2D eigenvalue weighted by molar-refractivity contribution is 5.84. The van der Waals surface area contributed by atoms with Gasteiger partial charge in [-0.05, 0) is 48.7 Å². The van der Waals surface area contributed by atoms with Gasteiger partial charge in [0.1, 0.15) is 6.04 Å². The standard InChI is InChI=1S/C25H30F6N4O/c1-3-9-34-10-12-35(13-11-34)22(21-8-6-5-7-17(21)4-2)23(36)33-32-20-15-18(24(26,27)28)14-19(16-20)25(29,30)31/h5-8,14-16,22,32H,3-4,9-13H2,1-2H3,(H,33,36). The number of benzene rings is 2. The maximum atomic E-state index is 13.4. The summed E-state index contributed by atoms with van der Waals surface area (Å²) < 4.78 is 79.2. The van der Waals surface area contributed by atoms with Crippen LogP contribution in [0.15, 0.2) is 42.5 Å². The second kappa shape index (κ2) is 11.5. The Morgan fingerprint density at radius 3 is 2.03 bits per heavy atom. The summed E-state index contributed by atoms with van der Waals surface area (Å²) in [5, 5.41) is 0. The fraction of sp³-hybridized carbons (Fsp3) is 0.480. The van der Waals surface area contributed by atoms with Crippen molar-refractivity contribution in [2.24, 2.45) is 0 Å². The second-order valence-electron chi connectivity index (χ2n) is 8.74. The minimum absolute atomic E-state index is 0.0447. The van der Waals surface area contributed by atoms with Crippen molar-refractivity contribution in [1.82, 2.24) is 15.2 Å². The third-order valence-corrected chi connectivity index (χ3v) is 6.21. The number of rotatable bonds is 8. The summed E-state index contributed by atoms with van der Waals surface area (Å²) in [4.78, 5) is 17.7. The normalized spacial score (nSPS) is 16.6. The van der Waals surface area contributed by atoms with E-state index < -0.39 is 41.1 Å². The Morgan fingerprint density at radius 2 is 1.50 bits per heavy atom. The van der Waals surface area contributed by atoms with Gasteiger partial charge in [0.05, 0.1) is 16.8 Å². The molecule has 198 valence electrons. The molecule has 1 aliphatic rings. The molecule has 0 saturated carbocycles. The fourth-order valence-electron chi connectivity index (χ4n) is 4.42. The minimum Gasteiger partial charge on any atom is -0.301 e. The van der Waals surface area contributed by atoms with E-state index in [9.17, 15) is 31.1 Å². The molecule has 1 saturated heterocycles. The lowest BCUT2D eigenvalue weighted by Crippen LogP contribution is -2.51. The number of hydrazine groups is 1. The molecule has 2 aromatic carbocycles. The summed E-state index contributed by atoms with van der Waals surface area (Å²) in [6.07, 6.45) is -8.31. The van der Waals surface area contributed by atoms with Crippen molar-refractivity contribution in [3.8, 4) is 0 Å². The van der Waals surface area contributed by atoms with Crippen LogP contribution in [0.3, 0.4) is 0 Å². The lowest BCUT2D eigenvalue weighted by atomic mass is 9.96. The monoisotopic (exact) mass is 516 g/mol.